The van der Waals surface area contributed by atoms with Gasteiger partial charge in [-0.1, -0.05) is 12.1 Å². The first-order valence-electron chi connectivity index (χ1n) is 9.35. The van der Waals surface area contributed by atoms with Crippen molar-refractivity contribution in [2.45, 2.75) is 19.1 Å². The van der Waals surface area contributed by atoms with Crippen LogP contribution in [-0.2, 0) is 17.7 Å². The van der Waals surface area contributed by atoms with Crippen molar-refractivity contribution in [1.82, 2.24) is 14.5 Å². The Morgan fingerprint density at radius 2 is 2.15 bits per heavy atom. The Kier molecular flexibility index (Phi) is 5.51. The summed E-state index contributed by atoms with van der Waals surface area (Å²) in [5, 5.41) is 0. The maximum absolute atomic E-state index is 6.02. The molecule has 0 amide bonds. The number of ether oxygens (including phenoxy) is 2. The zero-order valence-corrected chi connectivity index (χ0v) is 15.6. The minimum atomic E-state index is 0.202. The predicted molar refractivity (Wildman–Crippen MR) is 105 cm³/mol. The van der Waals surface area contributed by atoms with Crippen molar-refractivity contribution in [1.29, 1.82) is 0 Å². The minimum absolute atomic E-state index is 0.202. The standard InChI is InChI=1S/C22H25N3O2/c1-26-21-8-2-5-18(13-21)14-22-17-24(11-12-27-22)16-20-7-4-10-25(20)19-6-3-9-23-15-19/h2-10,13,15,22H,11-12,14,16-17H2,1H3. The molecule has 0 bridgehead atoms. The smallest absolute Gasteiger partial charge is 0.119 e. The Balaban J connectivity index is 1.41. The lowest BCUT2D eigenvalue weighted by atomic mass is 10.1. The number of pyridine rings is 1. The van der Waals surface area contributed by atoms with E-state index in [1.165, 1.54) is 11.3 Å². The second kappa shape index (κ2) is 8.37. The number of aromatic nitrogens is 2. The normalized spacial score (nSPS) is 17.7. The van der Waals surface area contributed by atoms with Crippen LogP contribution in [0.5, 0.6) is 5.75 Å². The highest BCUT2D eigenvalue weighted by molar-refractivity contribution is 5.32. The molecule has 1 unspecified atom stereocenters. The highest BCUT2D eigenvalue weighted by atomic mass is 16.5. The monoisotopic (exact) mass is 363 g/mol. The van der Waals surface area contributed by atoms with Gasteiger partial charge in [0.2, 0.25) is 0 Å². The van der Waals surface area contributed by atoms with Crippen LogP contribution in [0.3, 0.4) is 0 Å². The third kappa shape index (κ3) is 4.38. The van der Waals surface area contributed by atoms with Crippen LogP contribution >= 0.6 is 0 Å². The lowest BCUT2D eigenvalue weighted by Crippen LogP contribution is -2.43. The van der Waals surface area contributed by atoms with Crippen LogP contribution < -0.4 is 4.74 Å². The Morgan fingerprint density at radius 3 is 3.00 bits per heavy atom. The van der Waals surface area contributed by atoms with Crippen LogP contribution in [0.4, 0.5) is 0 Å². The molecule has 1 saturated heterocycles. The van der Waals surface area contributed by atoms with E-state index >= 15 is 0 Å². The Labute approximate surface area is 160 Å². The van der Waals surface area contributed by atoms with Gasteiger partial charge in [0.05, 0.1) is 31.7 Å². The van der Waals surface area contributed by atoms with E-state index < -0.39 is 0 Å². The molecular weight excluding hydrogens is 338 g/mol. The molecule has 1 aromatic carbocycles. The second-order valence-electron chi connectivity index (χ2n) is 6.86. The molecule has 0 spiro atoms. The molecule has 0 N–H and O–H groups in total. The summed E-state index contributed by atoms with van der Waals surface area (Å²) in [6.07, 6.45) is 6.90. The average Bonchev–Trinajstić information content (AvgIpc) is 3.17. The first-order valence-corrected chi connectivity index (χ1v) is 9.35. The van der Waals surface area contributed by atoms with E-state index in [0.29, 0.717) is 0 Å². The minimum Gasteiger partial charge on any atom is -0.497 e. The SMILES string of the molecule is COc1cccc(CC2CN(Cc3cccn3-c3cccnc3)CCO2)c1. The summed E-state index contributed by atoms with van der Waals surface area (Å²) in [5.74, 6) is 0.898. The fourth-order valence-electron chi connectivity index (χ4n) is 3.63. The lowest BCUT2D eigenvalue weighted by Gasteiger charge is -2.33. The Hall–Kier alpha value is -2.63. The number of morpholine rings is 1. The van der Waals surface area contributed by atoms with E-state index in [1.807, 2.05) is 24.4 Å². The Bertz CT molecular complexity index is 863. The number of rotatable bonds is 6. The van der Waals surface area contributed by atoms with Gasteiger partial charge in [0, 0.05) is 44.1 Å². The van der Waals surface area contributed by atoms with Gasteiger partial charge in [-0.05, 0) is 42.0 Å². The quantitative estimate of drug-likeness (QED) is 0.674. The van der Waals surface area contributed by atoms with Gasteiger partial charge in [-0.25, -0.2) is 0 Å². The van der Waals surface area contributed by atoms with Gasteiger partial charge in [0.15, 0.2) is 0 Å². The van der Waals surface area contributed by atoms with Crippen LogP contribution in [-0.4, -0.2) is 47.4 Å². The van der Waals surface area contributed by atoms with Crippen LogP contribution in [0.25, 0.3) is 5.69 Å². The van der Waals surface area contributed by atoms with E-state index in [9.17, 15) is 0 Å². The fraction of sp³-hybridized carbons (Fsp3) is 0.318. The molecule has 1 aliphatic rings. The van der Waals surface area contributed by atoms with E-state index in [4.69, 9.17) is 9.47 Å². The Morgan fingerprint density at radius 1 is 1.19 bits per heavy atom. The number of benzene rings is 1. The number of hydrogen-bond donors (Lipinski definition) is 0. The predicted octanol–water partition coefficient (Wildman–Crippen LogP) is 3.32. The van der Waals surface area contributed by atoms with E-state index in [-0.39, 0.29) is 6.10 Å². The number of hydrogen-bond acceptors (Lipinski definition) is 4. The van der Waals surface area contributed by atoms with Gasteiger partial charge in [0.25, 0.3) is 0 Å². The van der Waals surface area contributed by atoms with E-state index in [0.717, 1.165) is 44.1 Å². The largest absolute Gasteiger partial charge is 0.497 e. The molecule has 0 aliphatic carbocycles. The molecule has 2 aromatic heterocycles. The molecule has 1 atom stereocenters. The summed E-state index contributed by atoms with van der Waals surface area (Å²) in [5.41, 5.74) is 3.61. The number of nitrogens with zero attached hydrogens (tertiary/aromatic N) is 3. The summed E-state index contributed by atoms with van der Waals surface area (Å²) >= 11 is 0. The van der Waals surface area contributed by atoms with Gasteiger partial charge < -0.3 is 14.0 Å². The highest BCUT2D eigenvalue weighted by Gasteiger charge is 2.22. The van der Waals surface area contributed by atoms with Crippen LogP contribution in [0, 0.1) is 0 Å². The third-order valence-corrected chi connectivity index (χ3v) is 4.96. The maximum Gasteiger partial charge on any atom is 0.119 e. The van der Waals surface area contributed by atoms with Crippen molar-refractivity contribution in [2.24, 2.45) is 0 Å². The molecule has 1 fully saturated rings. The third-order valence-electron chi connectivity index (χ3n) is 4.96. The summed E-state index contributed by atoms with van der Waals surface area (Å²) in [6, 6.07) is 16.6. The summed E-state index contributed by atoms with van der Waals surface area (Å²) in [7, 11) is 1.70. The zero-order chi connectivity index (χ0) is 18.5. The fourth-order valence-corrected chi connectivity index (χ4v) is 3.63. The zero-order valence-electron chi connectivity index (χ0n) is 15.6. The van der Waals surface area contributed by atoms with Crippen molar-refractivity contribution in [3.05, 3.63) is 78.4 Å². The van der Waals surface area contributed by atoms with Crippen LogP contribution in [0.15, 0.2) is 67.1 Å². The molecule has 5 heteroatoms. The molecule has 4 rings (SSSR count). The van der Waals surface area contributed by atoms with E-state index in [1.54, 1.807) is 13.3 Å². The van der Waals surface area contributed by atoms with E-state index in [2.05, 4.69) is 51.0 Å². The molecule has 3 heterocycles. The van der Waals surface area contributed by atoms with Crippen molar-refractivity contribution >= 4 is 0 Å². The summed E-state index contributed by atoms with van der Waals surface area (Å²) in [6.45, 7) is 3.55. The first-order chi connectivity index (χ1) is 13.3. The molecule has 140 valence electrons. The molecule has 0 saturated carbocycles. The van der Waals surface area contributed by atoms with Gasteiger partial charge in [-0.2, -0.15) is 0 Å². The van der Waals surface area contributed by atoms with Gasteiger partial charge in [0.1, 0.15) is 5.75 Å². The van der Waals surface area contributed by atoms with Gasteiger partial charge >= 0.3 is 0 Å². The average molecular weight is 363 g/mol. The van der Waals surface area contributed by atoms with Crippen LogP contribution in [0.1, 0.15) is 11.3 Å². The highest BCUT2D eigenvalue weighted by Crippen LogP contribution is 2.19. The topological polar surface area (TPSA) is 39.5 Å². The molecular formula is C22H25N3O2. The summed E-state index contributed by atoms with van der Waals surface area (Å²) in [4.78, 5) is 6.71. The van der Waals surface area contributed by atoms with Gasteiger partial charge in [-0.15, -0.1) is 0 Å². The van der Waals surface area contributed by atoms with Gasteiger partial charge in [-0.3, -0.25) is 9.88 Å². The molecule has 1 aliphatic heterocycles. The lowest BCUT2D eigenvalue weighted by molar-refractivity contribution is -0.0309. The molecule has 3 aromatic rings. The van der Waals surface area contributed by atoms with Crippen molar-refractivity contribution in [3.8, 4) is 11.4 Å². The summed E-state index contributed by atoms with van der Waals surface area (Å²) < 4.78 is 13.6. The van der Waals surface area contributed by atoms with Crippen molar-refractivity contribution in [3.63, 3.8) is 0 Å². The molecule has 27 heavy (non-hydrogen) atoms. The second-order valence-corrected chi connectivity index (χ2v) is 6.86. The number of methoxy groups -OCH3 is 1. The maximum atomic E-state index is 6.02. The van der Waals surface area contributed by atoms with Crippen LogP contribution in [0.2, 0.25) is 0 Å². The van der Waals surface area contributed by atoms with Crippen molar-refractivity contribution < 1.29 is 9.47 Å². The first kappa shape index (κ1) is 17.8. The van der Waals surface area contributed by atoms with Crippen molar-refractivity contribution in [2.75, 3.05) is 26.8 Å². The molecule has 0 radical (unpaired) electrons. The molecule has 5 nitrogen and oxygen atoms in total.